The van der Waals surface area contributed by atoms with E-state index >= 15 is 0 Å². The Bertz CT molecular complexity index is 235. The molecule has 0 radical (unpaired) electrons. The molecule has 0 saturated carbocycles. The van der Waals surface area contributed by atoms with Gasteiger partial charge in [0.05, 0.1) is 0 Å². The quantitative estimate of drug-likeness (QED) is 0.427. The van der Waals surface area contributed by atoms with Crippen LogP contribution >= 0.6 is 0 Å². The maximum absolute atomic E-state index is 10.5. The molecule has 0 atom stereocenters. The van der Waals surface area contributed by atoms with E-state index in [1.807, 2.05) is 0 Å². The molecule has 0 fully saturated rings. The molecule has 0 aromatic rings. The Hall–Kier alpha value is -0.830. The number of carbonyl (C=O) groups is 1. The Morgan fingerprint density at radius 3 is 2.00 bits per heavy atom. The molecule has 0 rings (SSSR count). The van der Waals surface area contributed by atoms with Gasteiger partial charge in [-0.25, -0.2) is 4.79 Å². The van der Waals surface area contributed by atoms with Crippen molar-refractivity contribution in [3.63, 3.8) is 0 Å². The van der Waals surface area contributed by atoms with Crippen LogP contribution in [0.15, 0.2) is 12.2 Å². The first-order valence-corrected chi connectivity index (χ1v) is 7.25. The highest BCUT2D eigenvalue weighted by molar-refractivity contribution is 5.85. The van der Waals surface area contributed by atoms with Crippen LogP contribution in [-0.4, -0.2) is 35.6 Å². The highest BCUT2D eigenvalue weighted by Crippen LogP contribution is 2.11. The van der Waals surface area contributed by atoms with Crippen LogP contribution in [0.3, 0.4) is 0 Å². The van der Waals surface area contributed by atoms with Gasteiger partial charge in [0, 0.05) is 5.57 Å². The Balaban J connectivity index is 3.26. The summed E-state index contributed by atoms with van der Waals surface area (Å²) in [5.41, 5.74) is 0.344. The lowest BCUT2D eigenvalue weighted by atomic mass is 10.1. The van der Waals surface area contributed by atoms with Crippen molar-refractivity contribution < 1.29 is 9.90 Å². The fraction of sp³-hybridized carbons (Fsp3) is 0.800. The van der Waals surface area contributed by atoms with Crippen molar-refractivity contribution in [2.24, 2.45) is 0 Å². The van der Waals surface area contributed by atoms with Crippen LogP contribution in [0.4, 0.5) is 0 Å². The van der Waals surface area contributed by atoms with Crippen LogP contribution in [0, 0.1) is 0 Å². The largest absolute Gasteiger partial charge is 0.478 e. The molecule has 0 aliphatic heterocycles. The zero-order valence-electron chi connectivity index (χ0n) is 12.1. The SMILES string of the molecule is C=C(CCCCCCCCN(CC)CC)C(=O)O. The number of carboxylic acids is 1. The lowest BCUT2D eigenvalue weighted by Gasteiger charge is -2.17. The lowest BCUT2D eigenvalue weighted by molar-refractivity contribution is -0.132. The van der Waals surface area contributed by atoms with E-state index in [2.05, 4.69) is 25.3 Å². The van der Waals surface area contributed by atoms with Gasteiger partial charge in [-0.3, -0.25) is 0 Å². The van der Waals surface area contributed by atoms with Gasteiger partial charge in [0.25, 0.3) is 0 Å². The van der Waals surface area contributed by atoms with Gasteiger partial charge in [-0.15, -0.1) is 0 Å². The van der Waals surface area contributed by atoms with Crippen molar-refractivity contribution in [3.05, 3.63) is 12.2 Å². The summed E-state index contributed by atoms with van der Waals surface area (Å²) < 4.78 is 0. The summed E-state index contributed by atoms with van der Waals surface area (Å²) in [5.74, 6) is -0.853. The van der Waals surface area contributed by atoms with Crippen molar-refractivity contribution >= 4 is 5.97 Å². The second kappa shape index (κ2) is 11.3. The normalized spacial score (nSPS) is 10.8. The van der Waals surface area contributed by atoms with E-state index in [1.165, 1.54) is 32.2 Å². The molecule has 0 amide bonds. The van der Waals surface area contributed by atoms with Crippen molar-refractivity contribution in [1.82, 2.24) is 4.90 Å². The molecular weight excluding hydrogens is 226 g/mol. The molecule has 0 aromatic heterocycles. The monoisotopic (exact) mass is 255 g/mol. The van der Waals surface area contributed by atoms with Crippen molar-refractivity contribution in [2.45, 2.75) is 58.8 Å². The van der Waals surface area contributed by atoms with Crippen LogP contribution in [0.25, 0.3) is 0 Å². The first-order chi connectivity index (χ1) is 8.61. The van der Waals surface area contributed by atoms with Gasteiger partial charge in [0.15, 0.2) is 0 Å². The van der Waals surface area contributed by atoms with Crippen LogP contribution in [0.1, 0.15) is 58.8 Å². The van der Waals surface area contributed by atoms with Crippen molar-refractivity contribution in [3.8, 4) is 0 Å². The third-order valence-corrected chi connectivity index (χ3v) is 3.40. The number of nitrogens with zero attached hydrogens (tertiary/aromatic N) is 1. The number of hydrogen-bond acceptors (Lipinski definition) is 2. The molecule has 0 aliphatic rings. The fourth-order valence-electron chi connectivity index (χ4n) is 2.03. The van der Waals surface area contributed by atoms with E-state index in [0.717, 1.165) is 25.9 Å². The fourth-order valence-corrected chi connectivity index (χ4v) is 2.03. The third kappa shape index (κ3) is 9.23. The molecule has 0 saturated heterocycles. The summed E-state index contributed by atoms with van der Waals surface area (Å²) in [5, 5.41) is 8.65. The van der Waals surface area contributed by atoms with Gasteiger partial charge in [-0.05, 0) is 38.9 Å². The number of aliphatic carboxylic acids is 1. The van der Waals surface area contributed by atoms with E-state index in [-0.39, 0.29) is 0 Å². The molecule has 0 bridgehead atoms. The topological polar surface area (TPSA) is 40.5 Å². The highest BCUT2D eigenvalue weighted by atomic mass is 16.4. The predicted octanol–water partition coefficient (Wildman–Crippen LogP) is 3.70. The number of hydrogen-bond donors (Lipinski definition) is 1. The van der Waals surface area contributed by atoms with Crippen LogP contribution in [0.2, 0.25) is 0 Å². The molecule has 0 unspecified atom stereocenters. The van der Waals surface area contributed by atoms with E-state index in [9.17, 15) is 4.79 Å². The predicted molar refractivity (Wildman–Crippen MR) is 76.9 cm³/mol. The molecule has 106 valence electrons. The molecule has 18 heavy (non-hydrogen) atoms. The first-order valence-electron chi connectivity index (χ1n) is 7.25. The van der Waals surface area contributed by atoms with E-state index < -0.39 is 5.97 Å². The van der Waals surface area contributed by atoms with Crippen LogP contribution in [0.5, 0.6) is 0 Å². The first kappa shape index (κ1) is 17.2. The summed E-state index contributed by atoms with van der Waals surface area (Å²) in [4.78, 5) is 13.0. The molecule has 3 nitrogen and oxygen atoms in total. The zero-order valence-corrected chi connectivity index (χ0v) is 12.1. The van der Waals surface area contributed by atoms with Crippen LogP contribution < -0.4 is 0 Å². The zero-order chi connectivity index (χ0) is 13.8. The van der Waals surface area contributed by atoms with E-state index in [0.29, 0.717) is 12.0 Å². The maximum Gasteiger partial charge on any atom is 0.330 e. The lowest BCUT2D eigenvalue weighted by Crippen LogP contribution is -2.23. The minimum absolute atomic E-state index is 0.344. The maximum atomic E-state index is 10.5. The highest BCUT2D eigenvalue weighted by Gasteiger charge is 2.02. The number of rotatable bonds is 12. The smallest absolute Gasteiger partial charge is 0.330 e. The average molecular weight is 255 g/mol. The summed E-state index contributed by atoms with van der Waals surface area (Å²) >= 11 is 0. The van der Waals surface area contributed by atoms with Gasteiger partial charge < -0.3 is 10.0 Å². The Labute approximate surface area is 112 Å². The van der Waals surface area contributed by atoms with Gasteiger partial charge in [0.1, 0.15) is 0 Å². The molecular formula is C15H29NO2. The van der Waals surface area contributed by atoms with Crippen molar-refractivity contribution in [1.29, 1.82) is 0 Å². The minimum Gasteiger partial charge on any atom is -0.478 e. The summed E-state index contributed by atoms with van der Waals surface area (Å²) in [7, 11) is 0. The van der Waals surface area contributed by atoms with E-state index in [4.69, 9.17) is 5.11 Å². The standard InChI is InChI=1S/C15H29NO2/c1-4-16(5-2)13-11-9-7-6-8-10-12-14(3)15(17)18/h3-13H2,1-2H3,(H,17,18). The summed E-state index contributed by atoms with van der Waals surface area (Å²) in [6, 6.07) is 0. The third-order valence-electron chi connectivity index (χ3n) is 3.40. The minimum atomic E-state index is -0.853. The molecule has 1 N–H and O–H groups in total. The number of carboxylic acid groups (broad SMARTS) is 1. The Morgan fingerprint density at radius 2 is 1.50 bits per heavy atom. The molecule has 3 heteroatoms. The molecule has 0 aromatic carbocycles. The van der Waals surface area contributed by atoms with E-state index in [1.54, 1.807) is 0 Å². The molecule has 0 aliphatic carbocycles. The Morgan fingerprint density at radius 1 is 1.00 bits per heavy atom. The summed E-state index contributed by atoms with van der Waals surface area (Å²) in [6.07, 6.45) is 7.76. The van der Waals surface area contributed by atoms with Gasteiger partial charge in [-0.1, -0.05) is 46.1 Å². The second-order valence-corrected chi connectivity index (χ2v) is 4.81. The van der Waals surface area contributed by atoms with Gasteiger partial charge in [-0.2, -0.15) is 0 Å². The van der Waals surface area contributed by atoms with Crippen LogP contribution in [-0.2, 0) is 4.79 Å². The second-order valence-electron chi connectivity index (χ2n) is 4.81. The average Bonchev–Trinajstić information content (AvgIpc) is 2.36. The molecule has 0 spiro atoms. The van der Waals surface area contributed by atoms with Gasteiger partial charge >= 0.3 is 5.97 Å². The van der Waals surface area contributed by atoms with Gasteiger partial charge in [0.2, 0.25) is 0 Å². The molecule has 0 heterocycles. The Kier molecular flexibility index (Phi) is 10.8. The van der Waals surface area contributed by atoms with Crippen molar-refractivity contribution in [2.75, 3.05) is 19.6 Å². The summed E-state index contributed by atoms with van der Waals surface area (Å²) in [6.45, 7) is 11.5. The number of unbranched alkanes of at least 4 members (excludes halogenated alkanes) is 5.